The molecule has 0 saturated heterocycles. The average molecular weight is 374 g/mol. The van der Waals surface area contributed by atoms with Gasteiger partial charge in [-0.2, -0.15) is 18.2 Å². The molecular weight excluding hydrogens is 360 g/mol. The molecule has 0 fully saturated rings. The van der Waals surface area contributed by atoms with Gasteiger partial charge in [-0.3, -0.25) is 4.79 Å². The Hall–Kier alpha value is -2.98. The Labute approximate surface area is 145 Å². The van der Waals surface area contributed by atoms with Crippen molar-refractivity contribution in [3.8, 4) is 11.4 Å². The van der Waals surface area contributed by atoms with Crippen molar-refractivity contribution in [3.63, 3.8) is 0 Å². The second-order valence-electron chi connectivity index (χ2n) is 5.05. The first-order chi connectivity index (χ1) is 12.2. The lowest BCUT2D eigenvalue weighted by atomic mass is 10.1. The number of carbonyl (C=O) groups excluding carboxylic acids is 1. The molecule has 26 heavy (non-hydrogen) atoms. The number of hydrogen-bond acceptors (Lipinski definition) is 6. The van der Waals surface area contributed by atoms with Gasteiger partial charge in [0.15, 0.2) is 0 Å². The maximum Gasteiger partial charge on any atom is 0.471 e. The van der Waals surface area contributed by atoms with Crippen molar-refractivity contribution in [1.82, 2.24) is 15.5 Å². The summed E-state index contributed by atoms with van der Waals surface area (Å²) in [5.41, 5.74) is -0.366. The van der Waals surface area contributed by atoms with Gasteiger partial charge in [-0.15, -0.1) is 0 Å². The fourth-order valence-electron chi connectivity index (χ4n) is 1.82. The maximum atomic E-state index is 14.2. The first kappa shape index (κ1) is 19.3. The second kappa shape index (κ2) is 7.93. The van der Waals surface area contributed by atoms with Crippen LogP contribution in [0.1, 0.15) is 30.1 Å². The van der Waals surface area contributed by atoms with E-state index in [2.05, 4.69) is 25.1 Å². The summed E-state index contributed by atoms with van der Waals surface area (Å²) in [6, 6.07) is 2.64. The first-order valence-electron chi connectivity index (χ1n) is 7.39. The minimum absolute atomic E-state index is 0.0655. The van der Waals surface area contributed by atoms with Crippen molar-refractivity contribution in [2.24, 2.45) is 5.16 Å². The second-order valence-corrected chi connectivity index (χ2v) is 5.05. The first-order valence-corrected chi connectivity index (χ1v) is 7.39. The Morgan fingerprint density at radius 3 is 2.77 bits per heavy atom. The molecule has 1 heterocycles. The summed E-state index contributed by atoms with van der Waals surface area (Å²) in [6.07, 6.45) is -3.48. The van der Waals surface area contributed by atoms with Crippen LogP contribution in [0.5, 0.6) is 0 Å². The Balaban J connectivity index is 2.14. The third kappa shape index (κ3) is 4.77. The number of carbonyl (C=O) groups is 1. The molecule has 1 N–H and O–H groups in total. The molecular formula is C15H14F4N4O3. The van der Waals surface area contributed by atoms with E-state index < -0.39 is 35.7 Å². The number of alkyl halides is 3. The molecule has 140 valence electrons. The monoisotopic (exact) mass is 374 g/mol. The van der Waals surface area contributed by atoms with Crippen molar-refractivity contribution in [1.29, 1.82) is 0 Å². The third-order valence-corrected chi connectivity index (χ3v) is 2.99. The zero-order chi connectivity index (χ0) is 19.3. The van der Waals surface area contributed by atoms with Gasteiger partial charge in [-0.1, -0.05) is 16.4 Å². The van der Waals surface area contributed by atoms with Crippen molar-refractivity contribution in [2.45, 2.75) is 26.1 Å². The molecule has 0 aliphatic rings. The van der Waals surface area contributed by atoms with Gasteiger partial charge in [0, 0.05) is 5.56 Å². The number of amides is 1. The van der Waals surface area contributed by atoms with Crippen molar-refractivity contribution >= 4 is 12.1 Å². The molecule has 0 bridgehead atoms. The van der Waals surface area contributed by atoms with E-state index in [1.165, 1.54) is 12.3 Å². The summed E-state index contributed by atoms with van der Waals surface area (Å²) in [5, 5.41) is 9.21. The summed E-state index contributed by atoms with van der Waals surface area (Å²) >= 11 is 0. The number of oxime groups is 1. The molecule has 1 aromatic carbocycles. The van der Waals surface area contributed by atoms with E-state index in [1.807, 2.05) is 0 Å². The van der Waals surface area contributed by atoms with E-state index in [0.29, 0.717) is 6.61 Å². The van der Waals surface area contributed by atoms with Gasteiger partial charge in [0.1, 0.15) is 12.4 Å². The van der Waals surface area contributed by atoms with E-state index in [4.69, 9.17) is 4.84 Å². The molecule has 2 rings (SSSR count). The molecule has 7 nitrogen and oxygen atoms in total. The number of nitrogens with one attached hydrogen (secondary N) is 1. The summed E-state index contributed by atoms with van der Waals surface area (Å²) in [6.45, 7) is 3.70. The highest BCUT2D eigenvalue weighted by atomic mass is 19.4. The number of halogens is 4. The van der Waals surface area contributed by atoms with Crippen LogP contribution in [0.4, 0.5) is 17.6 Å². The Morgan fingerprint density at radius 2 is 2.19 bits per heavy atom. The van der Waals surface area contributed by atoms with E-state index in [0.717, 1.165) is 12.1 Å². The Bertz CT molecular complexity index is 804. The molecule has 0 radical (unpaired) electrons. The lowest BCUT2D eigenvalue weighted by Crippen LogP contribution is -2.34. The van der Waals surface area contributed by atoms with Gasteiger partial charge in [0.25, 0.3) is 5.91 Å². The van der Waals surface area contributed by atoms with Crippen LogP contribution >= 0.6 is 0 Å². The normalized spacial score (nSPS) is 13.0. The van der Waals surface area contributed by atoms with Gasteiger partial charge in [0.05, 0.1) is 17.8 Å². The summed E-state index contributed by atoms with van der Waals surface area (Å²) in [4.78, 5) is 19.9. The highest BCUT2D eigenvalue weighted by molar-refractivity contribution is 5.96. The topological polar surface area (TPSA) is 89.6 Å². The molecule has 0 aliphatic carbocycles. The molecule has 0 saturated carbocycles. The van der Waals surface area contributed by atoms with Crippen LogP contribution in [0.2, 0.25) is 0 Å². The van der Waals surface area contributed by atoms with Crippen LogP contribution < -0.4 is 5.32 Å². The van der Waals surface area contributed by atoms with Gasteiger partial charge in [0.2, 0.25) is 5.82 Å². The maximum absolute atomic E-state index is 14.2. The van der Waals surface area contributed by atoms with Gasteiger partial charge >= 0.3 is 12.1 Å². The highest BCUT2D eigenvalue weighted by Crippen LogP contribution is 2.29. The molecule has 0 aliphatic heterocycles. The Kier molecular flexibility index (Phi) is 5.90. The molecule has 2 aromatic rings. The van der Waals surface area contributed by atoms with Crippen LogP contribution in [-0.4, -0.2) is 34.9 Å². The minimum Gasteiger partial charge on any atom is -0.396 e. The van der Waals surface area contributed by atoms with E-state index in [1.54, 1.807) is 13.8 Å². The fourth-order valence-corrected chi connectivity index (χ4v) is 1.82. The number of nitrogens with zero attached hydrogens (tertiary/aromatic N) is 3. The van der Waals surface area contributed by atoms with Gasteiger partial charge in [-0.05, 0) is 26.0 Å². The largest absolute Gasteiger partial charge is 0.471 e. The zero-order valence-corrected chi connectivity index (χ0v) is 13.7. The van der Waals surface area contributed by atoms with E-state index in [9.17, 15) is 22.4 Å². The molecule has 11 heteroatoms. The molecule has 1 unspecified atom stereocenters. The predicted molar refractivity (Wildman–Crippen MR) is 81.7 cm³/mol. The molecule has 1 amide bonds. The standard InChI is InChI=1S/C15H14F4N4O3/c1-3-25-20-7-8(2)21-13(24)10-5-4-9(6-11(10)16)12-22-14(26-23-12)15(17,18)19/h4-8H,3H2,1-2H3,(H,21,24)/b20-7-. The number of rotatable bonds is 6. The highest BCUT2D eigenvalue weighted by Gasteiger charge is 2.38. The van der Waals surface area contributed by atoms with Gasteiger partial charge < -0.3 is 14.7 Å². The van der Waals surface area contributed by atoms with E-state index >= 15 is 0 Å². The summed E-state index contributed by atoms with van der Waals surface area (Å²) in [5.74, 6) is -3.67. The van der Waals surface area contributed by atoms with Gasteiger partial charge in [-0.25, -0.2) is 4.39 Å². The Morgan fingerprint density at radius 1 is 1.46 bits per heavy atom. The lowest BCUT2D eigenvalue weighted by molar-refractivity contribution is -0.159. The average Bonchev–Trinajstić information content (AvgIpc) is 3.05. The van der Waals surface area contributed by atoms with Crippen LogP contribution in [0.15, 0.2) is 27.9 Å². The quantitative estimate of drug-likeness (QED) is 0.477. The fraction of sp³-hybridized carbons (Fsp3) is 0.333. The lowest BCUT2D eigenvalue weighted by Gasteiger charge is -2.10. The minimum atomic E-state index is -4.80. The third-order valence-electron chi connectivity index (χ3n) is 2.99. The molecule has 1 aromatic heterocycles. The van der Waals surface area contributed by atoms with Crippen LogP contribution in [0.25, 0.3) is 11.4 Å². The van der Waals surface area contributed by atoms with Crippen LogP contribution in [0.3, 0.4) is 0 Å². The SMILES string of the molecule is CCO/N=C\C(C)NC(=O)c1ccc(-c2noc(C(F)(F)F)n2)cc1F. The number of aromatic nitrogens is 2. The van der Waals surface area contributed by atoms with Crippen LogP contribution in [-0.2, 0) is 11.0 Å². The molecule has 1 atom stereocenters. The zero-order valence-electron chi connectivity index (χ0n) is 13.7. The number of hydrogen-bond donors (Lipinski definition) is 1. The van der Waals surface area contributed by atoms with Crippen molar-refractivity contribution in [2.75, 3.05) is 6.61 Å². The smallest absolute Gasteiger partial charge is 0.396 e. The van der Waals surface area contributed by atoms with Crippen LogP contribution in [0, 0.1) is 5.82 Å². The van der Waals surface area contributed by atoms with Crippen molar-refractivity contribution < 1.29 is 31.7 Å². The van der Waals surface area contributed by atoms with Crippen molar-refractivity contribution in [3.05, 3.63) is 35.5 Å². The number of benzene rings is 1. The summed E-state index contributed by atoms with van der Waals surface area (Å²) < 4.78 is 55.6. The summed E-state index contributed by atoms with van der Waals surface area (Å²) in [7, 11) is 0. The van der Waals surface area contributed by atoms with E-state index in [-0.39, 0.29) is 11.1 Å². The predicted octanol–water partition coefficient (Wildman–Crippen LogP) is 3.04. The molecule has 0 spiro atoms.